The molecule has 0 saturated heterocycles. The molecule has 0 bridgehead atoms. The Balaban J connectivity index is -0.000000107. The third kappa shape index (κ3) is 148. The molecular formula is C4H8NNaO4S. The maximum atomic E-state index is 9.47. The first-order chi connectivity index (χ1) is 4.27. The van der Waals surface area contributed by atoms with E-state index >= 15 is 0 Å². The third-order valence-corrected chi connectivity index (χ3v) is 0.201. The summed E-state index contributed by atoms with van der Waals surface area (Å²) in [6.45, 7) is 3.09. The van der Waals surface area contributed by atoms with Crippen molar-refractivity contribution < 1.29 is 47.3 Å². The normalized spacial score (nSPS) is 8.18. The van der Waals surface area contributed by atoms with Gasteiger partial charge in [-0.15, -0.1) is 0 Å². The number of hydrogen-bond acceptors (Lipinski definition) is 4. The van der Waals surface area contributed by atoms with E-state index < -0.39 is 16.0 Å². The van der Waals surface area contributed by atoms with Crippen molar-refractivity contribution in [1.29, 1.82) is 0 Å². The Morgan fingerprint density at radius 2 is 1.73 bits per heavy atom. The van der Waals surface area contributed by atoms with Crippen molar-refractivity contribution in [2.24, 2.45) is 5.73 Å². The van der Waals surface area contributed by atoms with Crippen molar-refractivity contribution in [3.63, 3.8) is 0 Å². The van der Waals surface area contributed by atoms with Crippen LogP contribution in [0.25, 0.3) is 0 Å². The Kier molecular flexibility index (Phi) is 12.9. The zero-order chi connectivity index (χ0) is 8.78. The molecule has 0 fully saturated rings. The van der Waals surface area contributed by atoms with Crippen LogP contribution in [0.15, 0.2) is 12.7 Å². The molecule has 0 rings (SSSR count). The van der Waals surface area contributed by atoms with Crippen molar-refractivity contribution in [2.75, 3.05) is 6.26 Å². The maximum Gasteiger partial charge on any atom is 1.00 e. The molecule has 7 heteroatoms. The number of amides is 1. The second-order valence-electron chi connectivity index (χ2n) is 1.31. The van der Waals surface area contributed by atoms with Gasteiger partial charge in [0, 0.05) is 6.26 Å². The zero-order valence-electron chi connectivity index (χ0n) is 6.40. The molecule has 0 radical (unpaired) electrons. The zero-order valence-corrected chi connectivity index (χ0v) is 9.22. The number of rotatable bonds is 1. The molecule has 0 aliphatic heterocycles. The van der Waals surface area contributed by atoms with E-state index in [2.05, 4.69) is 12.3 Å². The molecule has 60 valence electrons. The van der Waals surface area contributed by atoms with Crippen LogP contribution in [0, 0.1) is 0 Å². The van der Waals surface area contributed by atoms with Gasteiger partial charge in [-0.3, -0.25) is 4.79 Å². The molecule has 0 atom stereocenters. The molecule has 0 aromatic heterocycles. The average molecular weight is 189 g/mol. The fourth-order valence-corrected chi connectivity index (χ4v) is 0. The summed E-state index contributed by atoms with van der Waals surface area (Å²) in [7, 11) is -3.92. The van der Waals surface area contributed by atoms with Gasteiger partial charge in [-0.2, -0.15) is 0 Å². The first kappa shape index (κ1) is 17.3. The van der Waals surface area contributed by atoms with Crippen LogP contribution in [-0.2, 0) is 14.9 Å². The van der Waals surface area contributed by atoms with E-state index in [0.717, 1.165) is 6.08 Å². The van der Waals surface area contributed by atoms with E-state index in [0.29, 0.717) is 6.26 Å². The van der Waals surface area contributed by atoms with Crippen molar-refractivity contribution in [1.82, 2.24) is 0 Å². The molecule has 0 aromatic rings. The van der Waals surface area contributed by atoms with E-state index in [1.165, 1.54) is 0 Å². The fraction of sp³-hybridized carbons (Fsp3) is 0.250. The molecular weight excluding hydrogens is 181 g/mol. The van der Waals surface area contributed by atoms with Crippen molar-refractivity contribution in [3.8, 4) is 0 Å². The van der Waals surface area contributed by atoms with Gasteiger partial charge in [0.05, 0.1) is 10.1 Å². The van der Waals surface area contributed by atoms with E-state index in [4.69, 9.17) is 13.0 Å². The van der Waals surface area contributed by atoms with Crippen LogP contribution in [0.5, 0.6) is 0 Å². The Morgan fingerprint density at radius 1 is 1.64 bits per heavy atom. The molecule has 0 saturated carbocycles. The van der Waals surface area contributed by atoms with Gasteiger partial charge < -0.3 is 10.3 Å². The molecule has 0 aliphatic carbocycles. The molecule has 5 nitrogen and oxygen atoms in total. The number of carbonyl (C=O) groups is 1. The van der Waals surface area contributed by atoms with Gasteiger partial charge in [-0.25, -0.2) is 8.42 Å². The molecule has 0 heterocycles. The second-order valence-corrected chi connectivity index (χ2v) is 2.72. The summed E-state index contributed by atoms with van der Waals surface area (Å²) in [5, 5.41) is 0. The van der Waals surface area contributed by atoms with Crippen LogP contribution in [0.2, 0.25) is 0 Å². The standard InChI is InChI=1S/C3H5NO.CH4O3S.Na/c1-2-3(4)5;1-5(2,3)4;/h2H,1H2,(H2,4,5);1H3,(H,2,3,4);/q;;+1/p-1. The van der Waals surface area contributed by atoms with Crippen LogP contribution in [0.3, 0.4) is 0 Å². The Morgan fingerprint density at radius 3 is 1.73 bits per heavy atom. The minimum absolute atomic E-state index is 0. The van der Waals surface area contributed by atoms with Crippen molar-refractivity contribution >= 4 is 16.0 Å². The molecule has 1 amide bonds. The second kappa shape index (κ2) is 8.22. The maximum absolute atomic E-state index is 9.47. The van der Waals surface area contributed by atoms with Gasteiger partial charge in [-0.1, -0.05) is 6.58 Å². The third-order valence-electron chi connectivity index (χ3n) is 0.201. The summed E-state index contributed by atoms with van der Waals surface area (Å²) in [4.78, 5) is 9.47. The summed E-state index contributed by atoms with van der Waals surface area (Å²) in [5.41, 5.74) is 4.53. The summed E-state index contributed by atoms with van der Waals surface area (Å²) in [6.07, 6.45) is 1.66. The monoisotopic (exact) mass is 189 g/mol. The Labute approximate surface area is 87.7 Å². The quantitative estimate of drug-likeness (QED) is 0.257. The minimum atomic E-state index is -3.92. The van der Waals surface area contributed by atoms with Gasteiger partial charge in [0.1, 0.15) is 0 Å². The molecule has 0 unspecified atom stereocenters. The Hall–Kier alpha value is 0.120. The van der Waals surface area contributed by atoms with Crippen molar-refractivity contribution in [3.05, 3.63) is 12.7 Å². The van der Waals surface area contributed by atoms with Crippen LogP contribution in [0.1, 0.15) is 0 Å². The first-order valence-electron chi connectivity index (χ1n) is 2.10. The van der Waals surface area contributed by atoms with Crippen LogP contribution >= 0.6 is 0 Å². The first-order valence-corrected chi connectivity index (χ1v) is 3.91. The van der Waals surface area contributed by atoms with Crippen LogP contribution in [-0.4, -0.2) is 25.1 Å². The van der Waals surface area contributed by atoms with Gasteiger partial charge in [0.15, 0.2) is 0 Å². The SMILES string of the molecule is C=CC(N)=O.CS(=O)(=O)[O-].[Na+]. The predicted molar refractivity (Wildman–Crippen MR) is 35.0 cm³/mol. The van der Waals surface area contributed by atoms with E-state index in [1.54, 1.807) is 0 Å². The molecule has 0 aliphatic rings. The predicted octanol–water partition coefficient (Wildman–Crippen LogP) is -4.18. The molecule has 0 aromatic carbocycles. The summed E-state index contributed by atoms with van der Waals surface area (Å²) in [6, 6.07) is 0. The molecule has 2 N–H and O–H groups in total. The number of primary amides is 1. The van der Waals surface area contributed by atoms with E-state index in [-0.39, 0.29) is 29.6 Å². The van der Waals surface area contributed by atoms with Gasteiger partial charge >= 0.3 is 29.6 Å². The topological polar surface area (TPSA) is 100 Å². The molecule has 0 spiro atoms. The van der Waals surface area contributed by atoms with Crippen LogP contribution in [0.4, 0.5) is 0 Å². The number of carbonyl (C=O) groups excluding carboxylic acids is 1. The van der Waals surface area contributed by atoms with Crippen LogP contribution < -0.4 is 35.3 Å². The molecule has 11 heavy (non-hydrogen) atoms. The Bertz CT molecular complexity index is 202. The average Bonchev–Trinajstić information content (AvgIpc) is 1.61. The fourth-order valence-electron chi connectivity index (χ4n) is 0. The summed E-state index contributed by atoms with van der Waals surface area (Å²) in [5.74, 6) is -0.481. The van der Waals surface area contributed by atoms with E-state index in [9.17, 15) is 4.79 Å². The van der Waals surface area contributed by atoms with Gasteiger partial charge in [-0.05, 0) is 6.08 Å². The van der Waals surface area contributed by atoms with E-state index in [1.807, 2.05) is 0 Å². The number of hydrogen-bond donors (Lipinski definition) is 1. The van der Waals surface area contributed by atoms with Crippen molar-refractivity contribution in [2.45, 2.75) is 0 Å². The summed E-state index contributed by atoms with van der Waals surface area (Å²) >= 11 is 0. The summed E-state index contributed by atoms with van der Waals surface area (Å²) < 4.78 is 27.2. The van der Waals surface area contributed by atoms with Gasteiger partial charge in [0.2, 0.25) is 5.91 Å². The minimum Gasteiger partial charge on any atom is -0.748 e. The van der Waals surface area contributed by atoms with Gasteiger partial charge in [0.25, 0.3) is 0 Å². The smallest absolute Gasteiger partial charge is 0.748 e. The number of nitrogens with two attached hydrogens (primary N) is 1. The largest absolute Gasteiger partial charge is 1.00 e.